The van der Waals surface area contributed by atoms with Crippen LogP contribution < -0.4 is 10.6 Å². The smallest absolute Gasteiger partial charge is 0.234 e. The van der Waals surface area contributed by atoms with E-state index in [0.717, 1.165) is 6.42 Å². The number of carbonyl (C=O) groups excluding carboxylic acids is 1. The average Bonchev–Trinajstić information content (AvgIpc) is 2.18. The maximum atomic E-state index is 11.1. The summed E-state index contributed by atoms with van der Waals surface area (Å²) in [5, 5.41) is 13.9. The molecule has 0 aliphatic carbocycles. The number of hydrogen-bond acceptors (Lipinski definition) is 4. The molecular formula is C9H17N3O2. The van der Waals surface area contributed by atoms with Crippen molar-refractivity contribution in [1.82, 2.24) is 10.6 Å². The van der Waals surface area contributed by atoms with Crippen molar-refractivity contribution < 1.29 is 9.53 Å². The zero-order valence-electron chi connectivity index (χ0n) is 8.51. The molecule has 0 aliphatic rings. The van der Waals surface area contributed by atoms with Gasteiger partial charge < -0.3 is 15.4 Å². The second-order valence-electron chi connectivity index (χ2n) is 2.78. The second-order valence-corrected chi connectivity index (χ2v) is 2.78. The molecule has 0 aromatic carbocycles. The van der Waals surface area contributed by atoms with Gasteiger partial charge in [-0.1, -0.05) is 0 Å². The molecule has 80 valence electrons. The number of ether oxygens (including phenoxy) is 1. The Kier molecular flexibility index (Phi) is 9.17. The molecule has 0 rings (SSSR count). The Morgan fingerprint density at radius 3 is 2.93 bits per heavy atom. The Morgan fingerprint density at radius 1 is 1.50 bits per heavy atom. The van der Waals surface area contributed by atoms with Crippen molar-refractivity contribution in [3.05, 3.63) is 0 Å². The Hall–Kier alpha value is -1.12. The quantitative estimate of drug-likeness (QED) is 0.524. The van der Waals surface area contributed by atoms with E-state index >= 15 is 0 Å². The number of hydrogen-bond donors (Lipinski definition) is 2. The Balaban J connectivity index is 3.15. The number of carbonyl (C=O) groups is 1. The molecule has 0 saturated carbocycles. The summed E-state index contributed by atoms with van der Waals surface area (Å²) in [6.07, 6.45) is 1.31. The van der Waals surface area contributed by atoms with Crippen molar-refractivity contribution in [2.45, 2.75) is 12.8 Å². The first-order valence-corrected chi connectivity index (χ1v) is 4.64. The second kappa shape index (κ2) is 9.96. The van der Waals surface area contributed by atoms with Crippen molar-refractivity contribution >= 4 is 5.91 Å². The highest BCUT2D eigenvalue weighted by Gasteiger charge is 1.98. The third kappa shape index (κ3) is 8.97. The predicted octanol–water partition coefficient (Wildman–Crippen LogP) is -0.358. The van der Waals surface area contributed by atoms with E-state index in [2.05, 4.69) is 10.6 Å². The zero-order chi connectivity index (χ0) is 10.6. The topological polar surface area (TPSA) is 74.2 Å². The first-order valence-electron chi connectivity index (χ1n) is 4.64. The van der Waals surface area contributed by atoms with E-state index in [0.29, 0.717) is 32.7 Å². The highest BCUT2D eigenvalue weighted by molar-refractivity contribution is 5.77. The van der Waals surface area contributed by atoms with Gasteiger partial charge in [-0.2, -0.15) is 5.26 Å². The van der Waals surface area contributed by atoms with Gasteiger partial charge in [0.15, 0.2) is 0 Å². The lowest BCUT2D eigenvalue weighted by Gasteiger charge is -2.04. The minimum absolute atomic E-state index is 0.0426. The zero-order valence-corrected chi connectivity index (χ0v) is 8.51. The molecule has 0 bridgehead atoms. The molecule has 0 aromatic rings. The Labute approximate surface area is 84.4 Å². The van der Waals surface area contributed by atoms with Crippen LogP contribution in [-0.2, 0) is 9.53 Å². The van der Waals surface area contributed by atoms with E-state index in [9.17, 15) is 4.79 Å². The van der Waals surface area contributed by atoms with Gasteiger partial charge in [-0.25, -0.2) is 0 Å². The minimum atomic E-state index is -0.0426. The van der Waals surface area contributed by atoms with Crippen LogP contribution in [0.15, 0.2) is 0 Å². The summed E-state index contributed by atoms with van der Waals surface area (Å²) in [5.74, 6) is -0.0426. The van der Waals surface area contributed by atoms with Crippen LogP contribution in [0, 0.1) is 11.3 Å². The molecule has 0 aromatic heterocycles. The molecule has 0 radical (unpaired) electrons. The van der Waals surface area contributed by atoms with Gasteiger partial charge in [0.25, 0.3) is 0 Å². The maximum Gasteiger partial charge on any atom is 0.234 e. The summed E-state index contributed by atoms with van der Waals surface area (Å²) in [6, 6.07) is 2.04. The maximum absolute atomic E-state index is 11.1. The highest BCUT2D eigenvalue weighted by atomic mass is 16.5. The monoisotopic (exact) mass is 199 g/mol. The van der Waals surface area contributed by atoms with Gasteiger partial charge in [-0.3, -0.25) is 4.79 Å². The van der Waals surface area contributed by atoms with Crippen molar-refractivity contribution in [2.24, 2.45) is 0 Å². The molecule has 5 nitrogen and oxygen atoms in total. The molecular weight excluding hydrogens is 182 g/mol. The number of nitrogens with zero attached hydrogens (tertiary/aromatic N) is 1. The van der Waals surface area contributed by atoms with Crippen LogP contribution in [0.3, 0.4) is 0 Å². The van der Waals surface area contributed by atoms with Crippen LogP contribution in [-0.4, -0.2) is 39.3 Å². The molecule has 0 heterocycles. The lowest BCUT2D eigenvalue weighted by molar-refractivity contribution is -0.120. The Bertz CT molecular complexity index is 189. The van der Waals surface area contributed by atoms with E-state index in [1.807, 2.05) is 6.07 Å². The summed E-state index contributed by atoms with van der Waals surface area (Å²) >= 11 is 0. The number of methoxy groups -OCH3 is 1. The molecule has 0 saturated heterocycles. The fraction of sp³-hybridized carbons (Fsp3) is 0.778. The van der Waals surface area contributed by atoms with Gasteiger partial charge in [0.2, 0.25) is 5.91 Å². The molecule has 0 atom stereocenters. The fourth-order valence-corrected chi connectivity index (χ4v) is 0.849. The Morgan fingerprint density at radius 2 is 2.29 bits per heavy atom. The molecule has 2 N–H and O–H groups in total. The average molecular weight is 199 g/mol. The van der Waals surface area contributed by atoms with Gasteiger partial charge in [-0.15, -0.1) is 0 Å². The number of nitrogens with one attached hydrogen (secondary N) is 2. The number of rotatable bonds is 8. The third-order valence-corrected chi connectivity index (χ3v) is 1.56. The molecule has 1 amide bonds. The van der Waals surface area contributed by atoms with Crippen LogP contribution in [0.1, 0.15) is 12.8 Å². The summed E-state index contributed by atoms with van der Waals surface area (Å²) < 4.78 is 4.78. The third-order valence-electron chi connectivity index (χ3n) is 1.56. The van der Waals surface area contributed by atoms with Crippen LogP contribution in [0.2, 0.25) is 0 Å². The van der Waals surface area contributed by atoms with Gasteiger partial charge in [0, 0.05) is 20.1 Å². The summed E-state index contributed by atoms with van der Waals surface area (Å²) in [5.41, 5.74) is 0. The molecule has 5 heteroatoms. The van der Waals surface area contributed by atoms with Crippen molar-refractivity contribution in [2.75, 3.05) is 33.4 Å². The SMILES string of the molecule is COCCNC(=O)CNCCCC#N. The van der Waals surface area contributed by atoms with E-state index < -0.39 is 0 Å². The van der Waals surface area contributed by atoms with Gasteiger partial charge >= 0.3 is 0 Å². The summed E-state index contributed by atoms with van der Waals surface area (Å²) in [4.78, 5) is 11.1. The number of unbranched alkanes of at least 4 members (excludes halogenated alkanes) is 1. The lowest BCUT2D eigenvalue weighted by atomic mass is 10.3. The first kappa shape index (κ1) is 12.9. The molecule has 0 aliphatic heterocycles. The van der Waals surface area contributed by atoms with Gasteiger partial charge in [0.05, 0.1) is 19.2 Å². The highest BCUT2D eigenvalue weighted by Crippen LogP contribution is 1.81. The van der Waals surface area contributed by atoms with E-state index in [-0.39, 0.29) is 5.91 Å². The molecule has 14 heavy (non-hydrogen) atoms. The molecule has 0 spiro atoms. The van der Waals surface area contributed by atoms with Crippen LogP contribution >= 0.6 is 0 Å². The van der Waals surface area contributed by atoms with E-state index in [1.165, 1.54) is 0 Å². The minimum Gasteiger partial charge on any atom is -0.383 e. The van der Waals surface area contributed by atoms with Crippen molar-refractivity contribution in [3.8, 4) is 6.07 Å². The number of amides is 1. The summed E-state index contributed by atoms with van der Waals surface area (Å²) in [7, 11) is 1.59. The predicted molar refractivity (Wildman–Crippen MR) is 52.6 cm³/mol. The fourth-order valence-electron chi connectivity index (χ4n) is 0.849. The largest absolute Gasteiger partial charge is 0.383 e. The molecule has 0 unspecified atom stereocenters. The number of nitriles is 1. The van der Waals surface area contributed by atoms with Crippen molar-refractivity contribution in [1.29, 1.82) is 5.26 Å². The van der Waals surface area contributed by atoms with Gasteiger partial charge in [-0.05, 0) is 13.0 Å². The van der Waals surface area contributed by atoms with Gasteiger partial charge in [0.1, 0.15) is 0 Å². The van der Waals surface area contributed by atoms with E-state index in [1.54, 1.807) is 7.11 Å². The lowest BCUT2D eigenvalue weighted by Crippen LogP contribution is -2.35. The van der Waals surface area contributed by atoms with Crippen molar-refractivity contribution in [3.63, 3.8) is 0 Å². The standard InChI is InChI=1S/C9H17N3O2/c1-14-7-6-12-9(13)8-11-5-3-2-4-10/h11H,2-3,5-8H2,1H3,(H,12,13). The van der Waals surface area contributed by atoms with Crippen LogP contribution in [0.5, 0.6) is 0 Å². The van der Waals surface area contributed by atoms with Crippen LogP contribution in [0.25, 0.3) is 0 Å². The summed E-state index contributed by atoms with van der Waals surface area (Å²) in [6.45, 7) is 2.07. The van der Waals surface area contributed by atoms with E-state index in [4.69, 9.17) is 10.00 Å². The molecule has 0 fully saturated rings. The van der Waals surface area contributed by atoms with Crippen LogP contribution in [0.4, 0.5) is 0 Å². The first-order chi connectivity index (χ1) is 6.81. The normalized spacial score (nSPS) is 9.43.